The molecule has 0 aromatic heterocycles. The Kier molecular flexibility index (Phi) is 6.38. The Labute approximate surface area is 114 Å². The van der Waals surface area contributed by atoms with E-state index in [1.807, 2.05) is 37.3 Å². The minimum atomic E-state index is -0.546. The van der Waals surface area contributed by atoms with Gasteiger partial charge in [0.25, 0.3) is 0 Å². The minimum absolute atomic E-state index is 0.0420. The predicted octanol–water partition coefficient (Wildman–Crippen LogP) is 3.50. The highest BCUT2D eigenvalue weighted by Gasteiger charge is 2.10. The highest BCUT2D eigenvalue weighted by atomic mass is 16.5. The number of esters is 1. The molecule has 0 aliphatic heterocycles. The van der Waals surface area contributed by atoms with E-state index in [-0.39, 0.29) is 5.57 Å². The van der Waals surface area contributed by atoms with Crippen LogP contribution in [0.4, 0.5) is 0 Å². The number of benzene rings is 1. The molecule has 0 fully saturated rings. The van der Waals surface area contributed by atoms with Gasteiger partial charge in [-0.05, 0) is 30.0 Å². The molecule has 0 aliphatic carbocycles. The van der Waals surface area contributed by atoms with Crippen LogP contribution in [0.2, 0.25) is 0 Å². The zero-order valence-corrected chi connectivity index (χ0v) is 11.5. The first kappa shape index (κ1) is 15.0. The Morgan fingerprint density at radius 3 is 2.53 bits per heavy atom. The van der Waals surface area contributed by atoms with Gasteiger partial charge in [0.05, 0.1) is 6.61 Å². The van der Waals surface area contributed by atoms with Gasteiger partial charge < -0.3 is 4.74 Å². The highest BCUT2D eigenvalue weighted by molar-refractivity contribution is 5.97. The maximum Gasteiger partial charge on any atom is 0.348 e. The number of rotatable bonds is 6. The molecule has 3 nitrogen and oxygen atoms in total. The van der Waals surface area contributed by atoms with E-state index in [0.29, 0.717) is 6.61 Å². The van der Waals surface area contributed by atoms with Gasteiger partial charge in [-0.2, -0.15) is 5.26 Å². The Morgan fingerprint density at radius 2 is 2.00 bits per heavy atom. The van der Waals surface area contributed by atoms with Crippen molar-refractivity contribution in [2.24, 2.45) is 0 Å². The van der Waals surface area contributed by atoms with Crippen molar-refractivity contribution in [2.75, 3.05) is 6.61 Å². The molecule has 0 amide bonds. The molecule has 1 aromatic carbocycles. The number of carbonyl (C=O) groups excluding carboxylic acids is 1. The Hall–Kier alpha value is -2.08. The summed E-state index contributed by atoms with van der Waals surface area (Å²) in [6.45, 7) is 4.46. The van der Waals surface area contributed by atoms with Crippen molar-refractivity contribution in [2.45, 2.75) is 33.1 Å². The van der Waals surface area contributed by atoms with E-state index in [2.05, 4.69) is 6.92 Å². The third kappa shape index (κ3) is 4.97. The standard InChI is InChI=1S/C16H19NO2/c1-3-5-10-19-16(18)15(12-17)11-14-8-6-13(4-2)7-9-14/h6-9,11H,3-5,10H2,1-2H3. The van der Waals surface area contributed by atoms with Crippen molar-refractivity contribution in [3.8, 4) is 6.07 Å². The van der Waals surface area contributed by atoms with Gasteiger partial charge in [0, 0.05) is 0 Å². The van der Waals surface area contributed by atoms with Crippen LogP contribution in [0.5, 0.6) is 0 Å². The summed E-state index contributed by atoms with van der Waals surface area (Å²) in [5, 5.41) is 9.00. The van der Waals surface area contributed by atoms with Crippen LogP contribution in [0.25, 0.3) is 6.08 Å². The van der Waals surface area contributed by atoms with Crippen molar-refractivity contribution in [3.63, 3.8) is 0 Å². The van der Waals surface area contributed by atoms with E-state index >= 15 is 0 Å². The summed E-state index contributed by atoms with van der Waals surface area (Å²) >= 11 is 0. The molecule has 1 rings (SSSR count). The molecule has 0 N–H and O–H groups in total. The molecule has 0 heterocycles. The lowest BCUT2D eigenvalue weighted by Gasteiger charge is -2.03. The number of aryl methyl sites for hydroxylation is 1. The summed E-state index contributed by atoms with van der Waals surface area (Å²) < 4.78 is 5.02. The van der Waals surface area contributed by atoms with Crippen LogP contribution < -0.4 is 0 Å². The first-order chi connectivity index (χ1) is 9.21. The molecule has 0 atom stereocenters. The number of hydrogen-bond donors (Lipinski definition) is 0. The molecule has 100 valence electrons. The quantitative estimate of drug-likeness (QED) is 0.339. The second kappa shape index (κ2) is 8.10. The molecule has 0 saturated heterocycles. The third-order valence-electron chi connectivity index (χ3n) is 2.77. The fourth-order valence-electron chi connectivity index (χ4n) is 1.54. The van der Waals surface area contributed by atoms with E-state index in [0.717, 1.165) is 24.8 Å². The molecule has 0 unspecified atom stereocenters. The Bertz CT molecular complexity index is 480. The zero-order chi connectivity index (χ0) is 14.1. The van der Waals surface area contributed by atoms with Crippen LogP contribution in [0.3, 0.4) is 0 Å². The summed E-state index contributed by atoms with van der Waals surface area (Å²) in [4.78, 5) is 11.7. The van der Waals surface area contributed by atoms with Gasteiger partial charge in [-0.25, -0.2) is 4.79 Å². The van der Waals surface area contributed by atoms with Crippen molar-refractivity contribution in [3.05, 3.63) is 41.0 Å². The van der Waals surface area contributed by atoms with Gasteiger partial charge in [-0.15, -0.1) is 0 Å². The largest absolute Gasteiger partial charge is 0.462 e. The van der Waals surface area contributed by atoms with Gasteiger partial charge in [0.2, 0.25) is 0 Å². The average molecular weight is 257 g/mol. The topological polar surface area (TPSA) is 50.1 Å². The predicted molar refractivity (Wildman–Crippen MR) is 75.3 cm³/mol. The van der Waals surface area contributed by atoms with Crippen LogP contribution in [0, 0.1) is 11.3 Å². The molecule has 0 radical (unpaired) electrons. The fraction of sp³-hybridized carbons (Fsp3) is 0.375. The second-order valence-electron chi connectivity index (χ2n) is 4.25. The van der Waals surface area contributed by atoms with E-state index < -0.39 is 5.97 Å². The van der Waals surface area contributed by atoms with Gasteiger partial charge in [0.15, 0.2) is 0 Å². The summed E-state index contributed by atoms with van der Waals surface area (Å²) in [6, 6.07) is 9.67. The maximum atomic E-state index is 11.7. The molecule has 0 saturated carbocycles. The van der Waals surface area contributed by atoms with Gasteiger partial charge in [-0.1, -0.05) is 44.5 Å². The normalized spacial score (nSPS) is 10.9. The minimum Gasteiger partial charge on any atom is -0.462 e. The first-order valence-electron chi connectivity index (χ1n) is 6.59. The van der Waals surface area contributed by atoms with Crippen LogP contribution in [-0.2, 0) is 16.0 Å². The third-order valence-corrected chi connectivity index (χ3v) is 2.77. The monoisotopic (exact) mass is 257 g/mol. The molecular weight excluding hydrogens is 238 g/mol. The van der Waals surface area contributed by atoms with Crippen molar-refractivity contribution >= 4 is 12.0 Å². The number of hydrogen-bond acceptors (Lipinski definition) is 3. The van der Waals surface area contributed by atoms with E-state index in [4.69, 9.17) is 10.00 Å². The van der Waals surface area contributed by atoms with Crippen molar-refractivity contribution < 1.29 is 9.53 Å². The first-order valence-corrected chi connectivity index (χ1v) is 6.59. The van der Waals surface area contributed by atoms with Crippen molar-refractivity contribution in [1.29, 1.82) is 5.26 Å². The van der Waals surface area contributed by atoms with E-state index in [1.54, 1.807) is 6.08 Å². The molecule has 0 spiro atoms. The van der Waals surface area contributed by atoms with Crippen LogP contribution in [0.15, 0.2) is 29.8 Å². The number of unbranched alkanes of at least 4 members (excludes halogenated alkanes) is 1. The van der Waals surface area contributed by atoms with E-state index in [9.17, 15) is 4.79 Å². The zero-order valence-electron chi connectivity index (χ0n) is 11.5. The Morgan fingerprint density at radius 1 is 1.32 bits per heavy atom. The molecule has 19 heavy (non-hydrogen) atoms. The van der Waals surface area contributed by atoms with Gasteiger partial charge in [-0.3, -0.25) is 0 Å². The molecule has 0 aliphatic rings. The van der Waals surface area contributed by atoms with Crippen molar-refractivity contribution in [1.82, 2.24) is 0 Å². The molecule has 1 aromatic rings. The van der Waals surface area contributed by atoms with Gasteiger partial charge >= 0.3 is 5.97 Å². The SMILES string of the molecule is CCCCOC(=O)C(C#N)=Cc1ccc(CC)cc1. The number of nitriles is 1. The van der Waals surface area contributed by atoms with E-state index in [1.165, 1.54) is 5.56 Å². The lowest BCUT2D eigenvalue weighted by Crippen LogP contribution is -2.07. The molecule has 0 bridgehead atoms. The average Bonchev–Trinajstić information content (AvgIpc) is 2.45. The molecular formula is C16H19NO2. The van der Waals surface area contributed by atoms with Crippen LogP contribution >= 0.6 is 0 Å². The van der Waals surface area contributed by atoms with Crippen LogP contribution in [-0.4, -0.2) is 12.6 Å². The Balaban J connectivity index is 2.75. The number of nitrogens with zero attached hydrogens (tertiary/aromatic N) is 1. The lowest BCUT2D eigenvalue weighted by molar-refractivity contribution is -0.138. The number of carbonyl (C=O) groups is 1. The lowest BCUT2D eigenvalue weighted by atomic mass is 10.1. The van der Waals surface area contributed by atoms with Gasteiger partial charge in [0.1, 0.15) is 11.6 Å². The molecule has 3 heteroatoms. The summed E-state index contributed by atoms with van der Waals surface area (Å²) in [7, 11) is 0. The summed E-state index contributed by atoms with van der Waals surface area (Å²) in [6.07, 6.45) is 4.30. The second-order valence-corrected chi connectivity index (χ2v) is 4.25. The fourth-order valence-corrected chi connectivity index (χ4v) is 1.54. The highest BCUT2D eigenvalue weighted by Crippen LogP contribution is 2.10. The number of ether oxygens (including phenoxy) is 1. The smallest absolute Gasteiger partial charge is 0.348 e. The van der Waals surface area contributed by atoms with Crippen LogP contribution in [0.1, 0.15) is 37.8 Å². The maximum absolute atomic E-state index is 11.7. The summed E-state index contributed by atoms with van der Waals surface area (Å²) in [5.41, 5.74) is 2.10. The summed E-state index contributed by atoms with van der Waals surface area (Å²) in [5.74, 6) is -0.546.